The molecule has 0 aliphatic rings. The summed E-state index contributed by atoms with van der Waals surface area (Å²) in [6.45, 7) is 3.08. The quantitative estimate of drug-likeness (QED) is 0.603. The van der Waals surface area contributed by atoms with E-state index in [-0.39, 0.29) is 5.12 Å². The van der Waals surface area contributed by atoms with Crippen LogP contribution in [0.15, 0.2) is 18.2 Å². The third-order valence-electron chi connectivity index (χ3n) is 2.31. The summed E-state index contributed by atoms with van der Waals surface area (Å²) < 4.78 is 37.4. The first-order valence-electron chi connectivity index (χ1n) is 5.61. The second kappa shape index (κ2) is 6.67. The van der Waals surface area contributed by atoms with E-state index in [2.05, 4.69) is 11.8 Å². The van der Waals surface area contributed by atoms with Crippen molar-refractivity contribution in [3.63, 3.8) is 0 Å². The largest absolute Gasteiger partial charge is 0.416 e. The molecule has 5 heteroatoms. The Morgan fingerprint density at radius 3 is 2.58 bits per heavy atom. The molecule has 0 atom stereocenters. The van der Waals surface area contributed by atoms with Gasteiger partial charge in [0.25, 0.3) is 0 Å². The van der Waals surface area contributed by atoms with Gasteiger partial charge in [0.05, 0.1) is 5.56 Å². The summed E-state index contributed by atoms with van der Waals surface area (Å²) in [6.07, 6.45) is -3.79. The Hall–Kier alpha value is -1.41. The Morgan fingerprint density at radius 1 is 1.37 bits per heavy atom. The Kier molecular flexibility index (Phi) is 5.49. The number of benzene rings is 1. The molecule has 0 bridgehead atoms. The molecule has 1 rings (SSSR count). The van der Waals surface area contributed by atoms with Crippen LogP contribution in [-0.4, -0.2) is 10.9 Å². The van der Waals surface area contributed by atoms with Gasteiger partial charge >= 0.3 is 6.18 Å². The van der Waals surface area contributed by atoms with Gasteiger partial charge < -0.3 is 0 Å². The van der Waals surface area contributed by atoms with E-state index in [1.807, 2.05) is 0 Å². The molecule has 0 spiro atoms. The zero-order valence-electron chi connectivity index (χ0n) is 10.6. The smallest absolute Gasteiger partial charge is 0.288 e. The first-order valence-corrected chi connectivity index (χ1v) is 6.59. The van der Waals surface area contributed by atoms with Crippen molar-refractivity contribution in [1.29, 1.82) is 0 Å². The molecule has 0 aliphatic carbocycles. The summed E-state index contributed by atoms with van der Waals surface area (Å²) >= 11 is 1.19. The fourth-order valence-electron chi connectivity index (χ4n) is 1.38. The number of thioether (sulfide) groups is 1. The maximum absolute atomic E-state index is 12.5. The van der Waals surface area contributed by atoms with E-state index >= 15 is 0 Å². The molecule has 0 heterocycles. The summed E-state index contributed by atoms with van der Waals surface area (Å²) in [6, 6.07) is 3.50. The number of carbonyl (C=O) groups is 1. The molecule has 1 nitrogen and oxygen atoms in total. The SMILES string of the molecule is CC(=O)SCCC#Cc1ccc(C(F)(F)F)cc1C. The normalized spacial score (nSPS) is 10.8. The lowest BCUT2D eigenvalue weighted by molar-refractivity contribution is -0.137. The molecular formula is C14H13F3OS. The number of carbonyl (C=O) groups excluding carboxylic acids is 1. The highest BCUT2D eigenvalue weighted by Gasteiger charge is 2.30. The van der Waals surface area contributed by atoms with E-state index in [0.29, 0.717) is 23.3 Å². The van der Waals surface area contributed by atoms with Gasteiger partial charge in [0.1, 0.15) is 0 Å². The number of rotatable bonds is 2. The molecule has 19 heavy (non-hydrogen) atoms. The van der Waals surface area contributed by atoms with Crippen LogP contribution in [-0.2, 0) is 11.0 Å². The average Bonchev–Trinajstić information content (AvgIpc) is 2.28. The first-order chi connectivity index (χ1) is 8.80. The Bertz CT molecular complexity index is 524. The molecule has 0 N–H and O–H groups in total. The lowest BCUT2D eigenvalue weighted by atomic mass is 10.1. The number of halogens is 3. The van der Waals surface area contributed by atoms with E-state index in [4.69, 9.17) is 0 Å². The molecule has 0 amide bonds. The van der Waals surface area contributed by atoms with Gasteiger partial charge in [-0.15, -0.1) is 0 Å². The van der Waals surface area contributed by atoms with Gasteiger partial charge in [-0.3, -0.25) is 4.79 Å². The average molecular weight is 286 g/mol. The second-order valence-electron chi connectivity index (χ2n) is 3.92. The van der Waals surface area contributed by atoms with Gasteiger partial charge in [0.15, 0.2) is 5.12 Å². The molecule has 102 valence electrons. The van der Waals surface area contributed by atoms with Crippen molar-refractivity contribution in [3.05, 3.63) is 34.9 Å². The molecule has 0 saturated carbocycles. The van der Waals surface area contributed by atoms with E-state index in [1.165, 1.54) is 24.8 Å². The van der Waals surface area contributed by atoms with Crippen molar-refractivity contribution in [2.75, 3.05) is 5.75 Å². The van der Waals surface area contributed by atoms with E-state index in [0.717, 1.165) is 12.1 Å². The predicted molar refractivity (Wildman–Crippen MR) is 70.8 cm³/mol. The van der Waals surface area contributed by atoms with Crippen LogP contribution in [0, 0.1) is 18.8 Å². The van der Waals surface area contributed by atoms with Crippen molar-refractivity contribution in [2.24, 2.45) is 0 Å². The number of alkyl halides is 3. The van der Waals surface area contributed by atoms with Gasteiger partial charge in [-0.25, -0.2) is 0 Å². The van der Waals surface area contributed by atoms with E-state index < -0.39 is 11.7 Å². The van der Waals surface area contributed by atoms with Crippen molar-refractivity contribution in [1.82, 2.24) is 0 Å². The lowest BCUT2D eigenvalue weighted by Gasteiger charge is -2.08. The molecule has 0 unspecified atom stereocenters. The van der Waals surface area contributed by atoms with Crippen molar-refractivity contribution < 1.29 is 18.0 Å². The highest BCUT2D eigenvalue weighted by molar-refractivity contribution is 8.13. The van der Waals surface area contributed by atoms with Gasteiger partial charge in [0.2, 0.25) is 0 Å². The van der Waals surface area contributed by atoms with Crippen LogP contribution in [0.25, 0.3) is 0 Å². The van der Waals surface area contributed by atoms with E-state index in [1.54, 1.807) is 6.92 Å². The van der Waals surface area contributed by atoms with Crippen molar-refractivity contribution in [3.8, 4) is 11.8 Å². The van der Waals surface area contributed by atoms with Crippen LogP contribution in [0.4, 0.5) is 13.2 Å². The summed E-state index contributed by atoms with van der Waals surface area (Å²) in [4.78, 5) is 10.7. The van der Waals surface area contributed by atoms with Gasteiger partial charge in [-0.05, 0) is 30.7 Å². The lowest BCUT2D eigenvalue weighted by Crippen LogP contribution is -2.05. The summed E-state index contributed by atoms with van der Waals surface area (Å²) in [5.41, 5.74) is 0.421. The Morgan fingerprint density at radius 2 is 2.05 bits per heavy atom. The monoisotopic (exact) mass is 286 g/mol. The molecule has 0 aliphatic heterocycles. The zero-order chi connectivity index (χ0) is 14.5. The Labute approximate surface area is 114 Å². The molecule has 1 aromatic carbocycles. The Balaban J connectivity index is 2.71. The highest BCUT2D eigenvalue weighted by Crippen LogP contribution is 2.30. The van der Waals surface area contributed by atoms with Crippen molar-refractivity contribution in [2.45, 2.75) is 26.4 Å². The third kappa shape index (κ3) is 5.39. The van der Waals surface area contributed by atoms with Crippen LogP contribution in [0.3, 0.4) is 0 Å². The van der Waals surface area contributed by atoms with Crippen LogP contribution >= 0.6 is 11.8 Å². The van der Waals surface area contributed by atoms with Gasteiger partial charge in [0, 0.05) is 24.7 Å². The van der Waals surface area contributed by atoms with Gasteiger partial charge in [-0.2, -0.15) is 13.2 Å². The predicted octanol–water partition coefficient (Wildman–Crippen LogP) is 4.04. The number of hydrogen-bond donors (Lipinski definition) is 0. The van der Waals surface area contributed by atoms with Crippen LogP contribution in [0.1, 0.15) is 30.0 Å². The fourth-order valence-corrected chi connectivity index (χ4v) is 1.88. The third-order valence-corrected chi connectivity index (χ3v) is 3.12. The topological polar surface area (TPSA) is 17.1 Å². The van der Waals surface area contributed by atoms with Gasteiger partial charge in [-0.1, -0.05) is 23.6 Å². The highest BCUT2D eigenvalue weighted by atomic mass is 32.2. The van der Waals surface area contributed by atoms with Crippen molar-refractivity contribution >= 4 is 16.9 Å². The zero-order valence-corrected chi connectivity index (χ0v) is 11.4. The molecule has 0 radical (unpaired) electrons. The molecule has 0 aromatic heterocycles. The summed E-state index contributed by atoms with van der Waals surface area (Å²) in [5, 5.41) is 0.0347. The minimum absolute atomic E-state index is 0.0347. The minimum Gasteiger partial charge on any atom is -0.288 e. The maximum Gasteiger partial charge on any atom is 0.416 e. The molecular weight excluding hydrogens is 273 g/mol. The standard InChI is InChI=1S/C14H13F3OS/c1-10-9-13(14(15,16)17)7-6-12(10)5-3-4-8-19-11(2)18/h6-7,9H,4,8H2,1-2H3. The second-order valence-corrected chi connectivity index (χ2v) is 5.19. The maximum atomic E-state index is 12.5. The number of aryl methyl sites for hydroxylation is 1. The molecule has 0 fully saturated rings. The number of hydrogen-bond acceptors (Lipinski definition) is 2. The fraction of sp³-hybridized carbons (Fsp3) is 0.357. The van der Waals surface area contributed by atoms with Crippen LogP contribution < -0.4 is 0 Å². The van der Waals surface area contributed by atoms with Crippen LogP contribution in [0.5, 0.6) is 0 Å². The molecule has 1 aromatic rings. The van der Waals surface area contributed by atoms with E-state index in [9.17, 15) is 18.0 Å². The minimum atomic E-state index is -4.32. The van der Waals surface area contributed by atoms with Crippen LogP contribution in [0.2, 0.25) is 0 Å². The first kappa shape index (κ1) is 15.6. The summed E-state index contributed by atoms with van der Waals surface area (Å²) in [7, 11) is 0. The molecule has 0 saturated heterocycles. The summed E-state index contributed by atoms with van der Waals surface area (Å²) in [5.74, 6) is 6.27.